The van der Waals surface area contributed by atoms with Gasteiger partial charge in [-0.3, -0.25) is 4.79 Å². The minimum absolute atomic E-state index is 0.574. The first-order valence-electron chi connectivity index (χ1n) is 8.06. The number of rotatable bonds is 5. The second kappa shape index (κ2) is 8.84. The highest BCUT2D eigenvalue weighted by Gasteiger charge is 2.50. The van der Waals surface area contributed by atoms with Crippen LogP contribution in [-0.2, 0) is 19.0 Å². The van der Waals surface area contributed by atoms with Crippen molar-refractivity contribution in [3.8, 4) is 0 Å². The van der Waals surface area contributed by atoms with E-state index in [1.165, 1.54) is 0 Å². The Kier molecular flexibility index (Phi) is 7.27. The molecule has 0 aromatic rings. The molecule has 8 N–H and O–H groups in total. The molecule has 12 nitrogen and oxygen atoms in total. The van der Waals surface area contributed by atoms with Crippen molar-refractivity contribution in [3.63, 3.8) is 0 Å². The molecule has 26 heavy (non-hydrogen) atoms. The third-order valence-electron chi connectivity index (χ3n) is 4.38. The molecule has 10 atom stereocenters. The van der Waals surface area contributed by atoms with Gasteiger partial charge in [0.25, 0.3) is 0 Å². The minimum Gasteiger partial charge on any atom is -0.394 e. The zero-order chi connectivity index (χ0) is 19.6. The summed E-state index contributed by atoms with van der Waals surface area (Å²) in [6.07, 6.45) is -13.7. The molecule has 12 heteroatoms. The maximum Gasteiger partial charge on any atom is 0.217 e. The van der Waals surface area contributed by atoms with Crippen molar-refractivity contribution in [3.05, 3.63) is 0 Å². The Morgan fingerprint density at radius 2 is 1.50 bits per heavy atom. The minimum atomic E-state index is -1.74. The fourth-order valence-corrected chi connectivity index (χ4v) is 2.97. The van der Waals surface area contributed by atoms with Gasteiger partial charge in [0.05, 0.1) is 13.2 Å². The quantitative estimate of drug-likeness (QED) is 0.226. The normalized spacial score (nSPS) is 46.8. The van der Waals surface area contributed by atoms with Crippen LogP contribution in [0.4, 0.5) is 0 Å². The van der Waals surface area contributed by atoms with Crippen LogP contribution in [0.1, 0.15) is 6.92 Å². The monoisotopic (exact) mass is 383 g/mol. The molecule has 0 spiro atoms. The molecule has 0 saturated carbocycles. The Balaban J connectivity index is 2.21. The lowest BCUT2D eigenvalue weighted by Gasteiger charge is -2.46. The van der Waals surface area contributed by atoms with Gasteiger partial charge in [0.1, 0.15) is 48.8 Å². The van der Waals surface area contributed by atoms with E-state index in [1.807, 2.05) is 0 Å². The number of aliphatic hydroxyl groups excluding tert-OH is 7. The molecule has 2 saturated heterocycles. The van der Waals surface area contributed by atoms with E-state index in [4.69, 9.17) is 14.2 Å². The summed E-state index contributed by atoms with van der Waals surface area (Å²) in [6.45, 7) is -0.195. The maximum absolute atomic E-state index is 11.4. The third-order valence-corrected chi connectivity index (χ3v) is 4.38. The summed E-state index contributed by atoms with van der Waals surface area (Å²) in [5, 5.41) is 70.7. The topological polar surface area (TPSA) is 198 Å². The molecule has 7 unspecified atom stereocenters. The maximum atomic E-state index is 11.4. The van der Waals surface area contributed by atoms with Crippen molar-refractivity contribution in [2.24, 2.45) is 0 Å². The van der Waals surface area contributed by atoms with Crippen molar-refractivity contribution in [2.45, 2.75) is 68.3 Å². The molecular weight excluding hydrogens is 358 g/mol. The van der Waals surface area contributed by atoms with Crippen LogP contribution >= 0.6 is 0 Å². The molecule has 2 heterocycles. The second-order valence-electron chi connectivity index (χ2n) is 6.26. The van der Waals surface area contributed by atoms with Crippen LogP contribution in [-0.4, -0.2) is 116 Å². The van der Waals surface area contributed by atoms with E-state index in [0.717, 1.165) is 6.92 Å². The highest BCUT2D eigenvalue weighted by atomic mass is 16.7. The molecular formula is C14H25NO11. The third kappa shape index (κ3) is 4.31. The zero-order valence-corrected chi connectivity index (χ0v) is 14.0. The first-order valence-corrected chi connectivity index (χ1v) is 8.06. The van der Waals surface area contributed by atoms with E-state index >= 15 is 0 Å². The molecule has 1 amide bonds. The number of carbonyl (C=O) groups excluding carboxylic acids is 1. The van der Waals surface area contributed by atoms with Gasteiger partial charge in [-0.05, 0) is 0 Å². The Bertz CT molecular complexity index is 478. The molecule has 2 aliphatic heterocycles. The number of hydrogen-bond donors (Lipinski definition) is 8. The summed E-state index contributed by atoms with van der Waals surface area (Å²) in [5.74, 6) is -0.574. The average Bonchev–Trinajstić information content (AvgIpc) is 2.60. The Morgan fingerprint density at radius 3 is 2.04 bits per heavy atom. The molecule has 0 radical (unpaired) electrons. The van der Waals surface area contributed by atoms with E-state index in [1.54, 1.807) is 0 Å². The van der Waals surface area contributed by atoms with Gasteiger partial charge < -0.3 is 55.3 Å². The van der Waals surface area contributed by atoms with Gasteiger partial charge in [0.15, 0.2) is 12.6 Å². The first-order chi connectivity index (χ1) is 12.2. The molecule has 2 fully saturated rings. The van der Waals surface area contributed by atoms with Crippen LogP contribution in [0.5, 0.6) is 0 Å². The standard InChI is InChI=1S/C14H25NO11/c1-4(18)15-7-12(9(20)6(3-17)24-13(7)23)26-14-11(22)10(21)8(19)5(2-16)25-14/h5-14,16-17,19-23H,2-3H2,1H3,(H,15,18)/t5?,6?,7?,8-,9?,10-,11?,12+,13?,14?/m0/s1. The summed E-state index contributed by atoms with van der Waals surface area (Å²) in [6, 6.07) is -1.28. The van der Waals surface area contributed by atoms with Gasteiger partial charge in [-0.1, -0.05) is 0 Å². The van der Waals surface area contributed by atoms with Gasteiger partial charge in [-0.15, -0.1) is 0 Å². The molecule has 2 aliphatic rings. The number of nitrogens with one attached hydrogen (secondary N) is 1. The Hall–Kier alpha value is -0.930. The molecule has 0 bridgehead atoms. The van der Waals surface area contributed by atoms with E-state index in [2.05, 4.69) is 5.32 Å². The van der Waals surface area contributed by atoms with E-state index in [9.17, 15) is 40.5 Å². The van der Waals surface area contributed by atoms with Crippen molar-refractivity contribution in [2.75, 3.05) is 13.2 Å². The number of aliphatic hydroxyl groups is 7. The van der Waals surface area contributed by atoms with Crippen LogP contribution in [0.3, 0.4) is 0 Å². The number of hydrogen-bond acceptors (Lipinski definition) is 11. The number of carbonyl (C=O) groups is 1. The highest BCUT2D eigenvalue weighted by molar-refractivity contribution is 5.73. The van der Waals surface area contributed by atoms with Crippen molar-refractivity contribution >= 4 is 5.91 Å². The van der Waals surface area contributed by atoms with Gasteiger partial charge in [0, 0.05) is 6.92 Å². The SMILES string of the molecule is CC(=O)NC1C(O)OC(CO)C(O)[C@@H]1OC1OC(CO)[C@H](O)[C@H](O)C1O. The van der Waals surface area contributed by atoms with Crippen molar-refractivity contribution < 1.29 is 54.8 Å². The smallest absolute Gasteiger partial charge is 0.217 e. The molecule has 0 aromatic heterocycles. The Morgan fingerprint density at radius 1 is 0.923 bits per heavy atom. The summed E-state index contributed by atoms with van der Waals surface area (Å²) in [4.78, 5) is 11.4. The lowest BCUT2D eigenvalue weighted by Crippen LogP contribution is -2.67. The summed E-state index contributed by atoms with van der Waals surface area (Å²) in [7, 11) is 0. The van der Waals surface area contributed by atoms with Gasteiger partial charge >= 0.3 is 0 Å². The molecule has 0 aromatic carbocycles. The lowest BCUT2D eigenvalue weighted by atomic mass is 9.95. The molecule has 0 aliphatic carbocycles. The van der Waals surface area contributed by atoms with Gasteiger partial charge in [-0.2, -0.15) is 0 Å². The fourth-order valence-electron chi connectivity index (χ4n) is 2.97. The van der Waals surface area contributed by atoms with Crippen LogP contribution in [0.15, 0.2) is 0 Å². The summed E-state index contributed by atoms with van der Waals surface area (Å²) >= 11 is 0. The predicted octanol–water partition coefficient (Wildman–Crippen LogP) is -5.25. The summed E-state index contributed by atoms with van der Waals surface area (Å²) in [5.41, 5.74) is 0. The van der Waals surface area contributed by atoms with Crippen molar-refractivity contribution in [1.29, 1.82) is 0 Å². The van der Waals surface area contributed by atoms with Crippen molar-refractivity contribution in [1.82, 2.24) is 5.32 Å². The summed E-state index contributed by atoms with van der Waals surface area (Å²) < 4.78 is 15.7. The van der Waals surface area contributed by atoms with Gasteiger partial charge in [-0.25, -0.2) is 0 Å². The van der Waals surface area contributed by atoms with Crippen LogP contribution in [0, 0.1) is 0 Å². The number of amides is 1. The van der Waals surface area contributed by atoms with Crippen LogP contribution in [0.2, 0.25) is 0 Å². The first kappa shape index (κ1) is 21.4. The highest BCUT2D eigenvalue weighted by Crippen LogP contribution is 2.28. The number of ether oxygens (including phenoxy) is 3. The Labute approximate surface area is 148 Å². The largest absolute Gasteiger partial charge is 0.394 e. The van der Waals surface area contributed by atoms with Crippen LogP contribution < -0.4 is 5.32 Å². The zero-order valence-electron chi connectivity index (χ0n) is 14.0. The van der Waals surface area contributed by atoms with E-state index in [-0.39, 0.29) is 0 Å². The predicted molar refractivity (Wildman–Crippen MR) is 80.2 cm³/mol. The van der Waals surface area contributed by atoms with E-state index < -0.39 is 80.5 Å². The molecule has 152 valence electrons. The average molecular weight is 383 g/mol. The fraction of sp³-hybridized carbons (Fsp3) is 0.929. The van der Waals surface area contributed by atoms with Crippen LogP contribution in [0.25, 0.3) is 0 Å². The van der Waals surface area contributed by atoms with Gasteiger partial charge in [0.2, 0.25) is 5.91 Å². The lowest BCUT2D eigenvalue weighted by molar-refractivity contribution is -0.341. The van der Waals surface area contributed by atoms with E-state index in [0.29, 0.717) is 0 Å². The molecule has 2 rings (SSSR count). The second-order valence-corrected chi connectivity index (χ2v) is 6.26.